The number of rotatable bonds is 12. The standard InChI is InChI=1S/C41H41F3N2O7/c1-4-51-38(49)40(3,39(50)52-5-2)53-37(48)35(30-11-7-6-8-12-30)46-25-23-28(24-26-46)27-17-21-32(22-18-27)45-36(47)34-14-10-9-13-33(34)29-15-19-31(20-16-29)41(42,43)44/h6-22,28,35H,4-5,23-26H2,1-3H3,(H,45,47). The molecule has 1 aliphatic heterocycles. The second kappa shape index (κ2) is 16.9. The molecule has 5 rings (SSSR count). The average Bonchev–Trinajstić information content (AvgIpc) is 3.16. The van der Waals surface area contributed by atoms with E-state index in [0.29, 0.717) is 53.9 Å². The van der Waals surface area contributed by atoms with E-state index in [1.54, 1.807) is 74.5 Å². The zero-order chi connectivity index (χ0) is 38.2. The number of halogens is 3. The third-order valence-corrected chi connectivity index (χ3v) is 9.20. The number of anilines is 1. The van der Waals surface area contributed by atoms with Gasteiger partial charge in [0.1, 0.15) is 6.04 Å². The molecule has 1 fully saturated rings. The van der Waals surface area contributed by atoms with Gasteiger partial charge in [-0.2, -0.15) is 13.2 Å². The fourth-order valence-corrected chi connectivity index (χ4v) is 6.39. The van der Waals surface area contributed by atoms with Crippen LogP contribution in [0.2, 0.25) is 0 Å². The Morgan fingerprint density at radius 2 is 1.34 bits per heavy atom. The van der Waals surface area contributed by atoms with Crippen LogP contribution >= 0.6 is 0 Å². The number of carbonyl (C=O) groups is 4. The fraction of sp³-hybridized carbons (Fsp3) is 0.317. The molecule has 1 aliphatic rings. The summed E-state index contributed by atoms with van der Waals surface area (Å²) in [6, 6.07) is 27.0. The molecule has 0 radical (unpaired) electrons. The van der Waals surface area contributed by atoms with Crippen LogP contribution in [-0.2, 0) is 34.8 Å². The van der Waals surface area contributed by atoms with Crippen molar-refractivity contribution in [1.82, 2.24) is 4.90 Å². The summed E-state index contributed by atoms with van der Waals surface area (Å²) in [4.78, 5) is 54.9. The maximum Gasteiger partial charge on any atom is 0.416 e. The first-order chi connectivity index (χ1) is 25.3. The normalized spacial score (nSPS) is 14.5. The van der Waals surface area contributed by atoms with Crippen LogP contribution in [0.4, 0.5) is 18.9 Å². The molecule has 0 aromatic heterocycles. The Morgan fingerprint density at radius 1 is 0.774 bits per heavy atom. The number of carbonyl (C=O) groups excluding carboxylic acids is 4. The molecule has 278 valence electrons. The van der Waals surface area contributed by atoms with Gasteiger partial charge in [0.15, 0.2) is 0 Å². The predicted octanol–water partition coefficient (Wildman–Crippen LogP) is 7.97. The van der Waals surface area contributed by atoms with Gasteiger partial charge in [-0.25, -0.2) is 14.4 Å². The Kier molecular flexibility index (Phi) is 12.3. The Bertz CT molecular complexity index is 1870. The lowest BCUT2D eigenvalue weighted by Crippen LogP contribution is -2.52. The average molecular weight is 731 g/mol. The third-order valence-electron chi connectivity index (χ3n) is 9.20. The van der Waals surface area contributed by atoms with Crippen molar-refractivity contribution in [3.63, 3.8) is 0 Å². The highest BCUT2D eigenvalue weighted by atomic mass is 19.4. The lowest BCUT2D eigenvalue weighted by Gasteiger charge is -2.38. The van der Waals surface area contributed by atoms with Crippen molar-refractivity contribution >= 4 is 29.5 Å². The molecule has 1 heterocycles. The van der Waals surface area contributed by atoms with Gasteiger partial charge in [0.05, 0.1) is 18.8 Å². The van der Waals surface area contributed by atoms with Crippen molar-refractivity contribution in [3.05, 3.63) is 125 Å². The fourth-order valence-electron chi connectivity index (χ4n) is 6.39. The molecule has 0 saturated carbocycles. The molecule has 1 atom stereocenters. The quantitative estimate of drug-likeness (QED) is 0.0888. The van der Waals surface area contributed by atoms with Crippen molar-refractivity contribution in [2.45, 2.75) is 57.3 Å². The van der Waals surface area contributed by atoms with Crippen LogP contribution in [0.25, 0.3) is 11.1 Å². The lowest BCUT2D eigenvalue weighted by molar-refractivity contribution is -0.196. The van der Waals surface area contributed by atoms with Crippen molar-refractivity contribution in [3.8, 4) is 11.1 Å². The highest BCUT2D eigenvalue weighted by Crippen LogP contribution is 2.35. The second-order valence-corrected chi connectivity index (χ2v) is 12.7. The van der Waals surface area contributed by atoms with Crippen LogP contribution in [0.3, 0.4) is 0 Å². The van der Waals surface area contributed by atoms with Gasteiger partial charge in [-0.05, 0) is 105 Å². The van der Waals surface area contributed by atoms with E-state index in [1.165, 1.54) is 19.1 Å². The first kappa shape index (κ1) is 38.7. The largest absolute Gasteiger partial charge is 0.463 e. The van der Waals surface area contributed by atoms with Crippen molar-refractivity contribution < 1.29 is 46.6 Å². The SMILES string of the molecule is CCOC(=O)C(C)(OC(=O)C(c1ccccc1)N1CCC(c2ccc(NC(=O)c3ccccc3-c3ccc(C(F)(F)F)cc3)cc2)CC1)C(=O)OCC. The molecule has 9 nitrogen and oxygen atoms in total. The summed E-state index contributed by atoms with van der Waals surface area (Å²) in [5.41, 5.74) is 0.505. The zero-order valence-corrected chi connectivity index (χ0v) is 29.7. The number of nitrogens with zero attached hydrogens (tertiary/aromatic N) is 1. The predicted molar refractivity (Wildman–Crippen MR) is 192 cm³/mol. The van der Waals surface area contributed by atoms with E-state index in [9.17, 15) is 32.3 Å². The molecule has 1 unspecified atom stereocenters. The van der Waals surface area contributed by atoms with Gasteiger partial charge in [0, 0.05) is 11.3 Å². The third kappa shape index (κ3) is 9.12. The maximum absolute atomic E-state index is 13.9. The summed E-state index contributed by atoms with van der Waals surface area (Å²) < 4.78 is 55.1. The summed E-state index contributed by atoms with van der Waals surface area (Å²) in [7, 11) is 0. The molecule has 12 heteroatoms. The Morgan fingerprint density at radius 3 is 1.91 bits per heavy atom. The van der Waals surface area contributed by atoms with Crippen LogP contribution in [0.15, 0.2) is 103 Å². The van der Waals surface area contributed by atoms with Crippen LogP contribution in [-0.4, -0.2) is 60.6 Å². The number of esters is 3. The minimum Gasteiger partial charge on any atom is -0.463 e. The summed E-state index contributed by atoms with van der Waals surface area (Å²) in [6.07, 6.45) is -3.08. The molecule has 53 heavy (non-hydrogen) atoms. The number of hydrogen-bond acceptors (Lipinski definition) is 8. The summed E-state index contributed by atoms with van der Waals surface area (Å²) >= 11 is 0. The highest BCUT2D eigenvalue weighted by Gasteiger charge is 2.50. The number of nitrogens with one attached hydrogen (secondary N) is 1. The van der Waals surface area contributed by atoms with Gasteiger partial charge in [-0.3, -0.25) is 9.69 Å². The molecule has 1 saturated heterocycles. The number of piperidine rings is 1. The summed E-state index contributed by atoms with van der Waals surface area (Å²) in [5, 5.41) is 2.89. The van der Waals surface area contributed by atoms with Crippen LogP contribution < -0.4 is 5.32 Å². The Labute approximate surface area is 306 Å². The smallest absolute Gasteiger partial charge is 0.416 e. The zero-order valence-electron chi connectivity index (χ0n) is 29.7. The van der Waals surface area contributed by atoms with Gasteiger partial charge in [0.25, 0.3) is 5.91 Å². The molecular weight excluding hydrogens is 689 g/mol. The highest BCUT2D eigenvalue weighted by molar-refractivity contribution is 6.08. The van der Waals surface area contributed by atoms with E-state index in [1.807, 2.05) is 23.1 Å². The number of likely N-dealkylation sites (tertiary alicyclic amines) is 1. The van der Waals surface area contributed by atoms with Crippen LogP contribution in [0, 0.1) is 0 Å². The van der Waals surface area contributed by atoms with Gasteiger partial charge < -0.3 is 19.5 Å². The van der Waals surface area contributed by atoms with Crippen LogP contribution in [0.1, 0.15) is 72.6 Å². The molecular formula is C41H41F3N2O7. The van der Waals surface area contributed by atoms with Gasteiger partial charge in [0.2, 0.25) is 0 Å². The Balaban J connectivity index is 1.26. The van der Waals surface area contributed by atoms with Crippen molar-refractivity contribution in [2.75, 3.05) is 31.6 Å². The lowest BCUT2D eigenvalue weighted by atomic mass is 9.88. The second-order valence-electron chi connectivity index (χ2n) is 12.7. The molecule has 4 aromatic carbocycles. The number of hydrogen-bond donors (Lipinski definition) is 1. The van der Waals surface area contributed by atoms with Crippen LogP contribution in [0.5, 0.6) is 0 Å². The molecule has 1 amide bonds. The minimum absolute atomic E-state index is 0.0196. The monoisotopic (exact) mass is 730 g/mol. The van der Waals surface area contributed by atoms with E-state index in [-0.39, 0.29) is 19.1 Å². The van der Waals surface area contributed by atoms with E-state index in [2.05, 4.69) is 5.32 Å². The minimum atomic E-state index is -4.46. The maximum atomic E-state index is 13.9. The molecule has 1 N–H and O–H groups in total. The molecule has 0 aliphatic carbocycles. The van der Waals surface area contributed by atoms with Crippen molar-refractivity contribution in [1.29, 1.82) is 0 Å². The van der Waals surface area contributed by atoms with Gasteiger partial charge in [-0.1, -0.05) is 72.8 Å². The topological polar surface area (TPSA) is 111 Å². The first-order valence-electron chi connectivity index (χ1n) is 17.4. The number of amides is 1. The molecule has 0 bridgehead atoms. The number of benzene rings is 4. The van der Waals surface area contributed by atoms with E-state index in [4.69, 9.17) is 14.2 Å². The van der Waals surface area contributed by atoms with Crippen molar-refractivity contribution in [2.24, 2.45) is 0 Å². The van der Waals surface area contributed by atoms with Gasteiger partial charge in [-0.15, -0.1) is 0 Å². The first-order valence-corrected chi connectivity index (χ1v) is 17.4. The summed E-state index contributed by atoms with van der Waals surface area (Å²) in [6.45, 7) is 5.33. The number of ether oxygens (including phenoxy) is 3. The van der Waals surface area contributed by atoms with E-state index < -0.39 is 47.2 Å². The van der Waals surface area contributed by atoms with E-state index in [0.717, 1.165) is 17.7 Å². The van der Waals surface area contributed by atoms with Gasteiger partial charge >= 0.3 is 29.7 Å². The Hall–Kier alpha value is -5.49. The molecule has 0 spiro atoms. The van der Waals surface area contributed by atoms with E-state index >= 15 is 0 Å². The summed E-state index contributed by atoms with van der Waals surface area (Å²) in [5.74, 6) is -3.06. The number of alkyl halides is 3. The molecule has 4 aromatic rings.